The molecule has 0 fully saturated rings. The maximum atomic E-state index is 5.05. The normalized spacial score (nSPS) is 11.1. The lowest BCUT2D eigenvalue weighted by Gasteiger charge is -2.09. The van der Waals surface area contributed by atoms with Crippen LogP contribution in [0.1, 0.15) is 13.8 Å². The summed E-state index contributed by atoms with van der Waals surface area (Å²) < 4.78 is 4.81. The van der Waals surface area contributed by atoms with Gasteiger partial charge in [0.15, 0.2) is 6.35 Å². The Hall–Kier alpha value is -0.120. The Balaban J connectivity index is 2.95. The molecule has 0 aromatic heterocycles. The fourth-order valence-electron chi connectivity index (χ4n) is 0.314. The summed E-state index contributed by atoms with van der Waals surface area (Å²) in [6.07, 6.45) is -0.500. The third-order valence-corrected chi connectivity index (χ3v) is 0.429. The molecule has 0 aliphatic heterocycles. The van der Waals surface area contributed by atoms with Crippen molar-refractivity contribution in [3.8, 4) is 0 Å². The summed E-state index contributed by atoms with van der Waals surface area (Å²) in [6, 6.07) is 0. The van der Waals surface area contributed by atoms with Crippen molar-refractivity contribution < 1.29 is 4.74 Å². The Morgan fingerprint density at radius 3 is 1.71 bits per heavy atom. The Bertz CT molecular complexity index is 39.0. The van der Waals surface area contributed by atoms with E-state index in [1.807, 2.05) is 13.8 Å². The molecular formula is C4H12N2O. The van der Waals surface area contributed by atoms with Crippen LogP contribution in [0.4, 0.5) is 0 Å². The van der Waals surface area contributed by atoms with E-state index in [0.717, 1.165) is 0 Å². The second kappa shape index (κ2) is 2.96. The van der Waals surface area contributed by atoms with Crippen LogP contribution in [0.2, 0.25) is 0 Å². The Morgan fingerprint density at radius 2 is 1.71 bits per heavy atom. The van der Waals surface area contributed by atoms with Crippen molar-refractivity contribution in [2.24, 2.45) is 11.5 Å². The summed E-state index contributed by atoms with van der Waals surface area (Å²) >= 11 is 0. The highest BCUT2D eigenvalue weighted by Crippen LogP contribution is 1.84. The van der Waals surface area contributed by atoms with Crippen molar-refractivity contribution in [2.75, 3.05) is 0 Å². The topological polar surface area (TPSA) is 61.3 Å². The molecule has 0 aromatic rings. The van der Waals surface area contributed by atoms with E-state index in [2.05, 4.69) is 0 Å². The van der Waals surface area contributed by atoms with Gasteiger partial charge in [0.2, 0.25) is 0 Å². The number of nitrogens with two attached hydrogens (primary N) is 2. The van der Waals surface area contributed by atoms with E-state index in [1.54, 1.807) is 0 Å². The molecule has 0 saturated carbocycles. The van der Waals surface area contributed by atoms with Gasteiger partial charge in [-0.2, -0.15) is 0 Å². The predicted molar refractivity (Wildman–Crippen MR) is 28.4 cm³/mol. The molecule has 44 valence electrons. The fourth-order valence-corrected chi connectivity index (χ4v) is 0.314. The molecule has 0 aliphatic carbocycles. The van der Waals surface area contributed by atoms with Gasteiger partial charge in [-0.15, -0.1) is 0 Å². The first-order valence-electron chi connectivity index (χ1n) is 2.29. The van der Waals surface area contributed by atoms with Crippen LogP contribution in [0.15, 0.2) is 0 Å². The van der Waals surface area contributed by atoms with E-state index in [-0.39, 0.29) is 6.10 Å². The van der Waals surface area contributed by atoms with Crippen molar-refractivity contribution in [3.63, 3.8) is 0 Å². The standard InChI is InChI=1S/C4H12N2O/c1-3(2)7-4(5)6/h3-4H,5-6H2,1-2H3. The Kier molecular flexibility index (Phi) is 2.91. The third kappa shape index (κ3) is 5.88. The van der Waals surface area contributed by atoms with Gasteiger partial charge in [-0.05, 0) is 13.8 Å². The highest BCUT2D eigenvalue weighted by atomic mass is 16.5. The van der Waals surface area contributed by atoms with Crippen LogP contribution in [0.25, 0.3) is 0 Å². The second-order valence-electron chi connectivity index (χ2n) is 1.65. The first-order chi connectivity index (χ1) is 3.13. The molecule has 4 N–H and O–H groups in total. The minimum absolute atomic E-state index is 0.125. The lowest BCUT2D eigenvalue weighted by Crippen LogP contribution is -2.35. The molecular weight excluding hydrogens is 92.1 g/mol. The van der Waals surface area contributed by atoms with Gasteiger partial charge in [-0.3, -0.25) is 11.5 Å². The Morgan fingerprint density at radius 1 is 1.29 bits per heavy atom. The van der Waals surface area contributed by atoms with E-state index in [9.17, 15) is 0 Å². The summed E-state index contributed by atoms with van der Waals surface area (Å²) in [5, 5.41) is 0. The van der Waals surface area contributed by atoms with Gasteiger partial charge in [0.25, 0.3) is 0 Å². The molecule has 7 heavy (non-hydrogen) atoms. The van der Waals surface area contributed by atoms with Gasteiger partial charge in [0.05, 0.1) is 6.10 Å². The van der Waals surface area contributed by atoms with Crippen LogP contribution in [0, 0.1) is 0 Å². The van der Waals surface area contributed by atoms with Crippen LogP contribution in [-0.2, 0) is 4.74 Å². The molecule has 3 nitrogen and oxygen atoms in total. The quantitative estimate of drug-likeness (QED) is 0.469. The zero-order chi connectivity index (χ0) is 5.86. The maximum absolute atomic E-state index is 5.05. The molecule has 0 amide bonds. The molecule has 0 atom stereocenters. The lowest BCUT2D eigenvalue weighted by atomic mass is 10.5. The summed E-state index contributed by atoms with van der Waals surface area (Å²) in [5.74, 6) is 0. The Labute approximate surface area is 43.6 Å². The van der Waals surface area contributed by atoms with Crippen LogP contribution in [0.5, 0.6) is 0 Å². The molecule has 0 aliphatic rings. The molecule has 0 heterocycles. The maximum Gasteiger partial charge on any atom is 0.158 e. The molecule has 0 saturated heterocycles. The molecule has 3 heteroatoms. The molecule has 0 spiro atoms. The van der Waals surface area contributed by atoms with Crippen LogP contribution in [-0.4, -0.2) is 12.5 Å². The SMILES string of the molecule is CC(C)OC(N)N. The van der Waals surface area contributed by atoms with Gasteiger partial charge in [0.1, 0.15) is 0 Å². The van der Waals surface area contributed by atoms with Crippen LogP contribution in [0.3, 0.4) is 0 Å². The van der Waals surface area contributed by atoms with Crippen molar-refractivity contribution >= 4 is 0 Å². The number of hydrogen-bond acceptors (Lipinski definition) is 3. The van der Waals surface area contributed by atoms with Gasteiger partial charge in [-0.1, -0.05) is 0 Å². The van der Waals surface area contributed by atoms with Crippen molar-refractivity contribution in [1.82, 2.24) is 0 Å². The minimum Gasteiger partial charge on any atom is -0.348 e. The first-order valence-corrected chi connectivity index (χ1v) is 2.29. The number of rotatable bonds is 2. The number of ether oxygens (including phenoxy) is 1. The third-order valence-electron chi connectivity index (χ3n) is 0.429. The lowest BCUT2D eigenvalue weighted by molar-refractivity contribution is 0.0158. The largest absolute Gasteiger partial charge is 0.348 e. The molecule has 0 unspecified atom stereocenters. The smallest absolute Gasteiger partial charge is 0.158 e. The second-order valence-corrected chi connectivity index (χ2v) is 1.65. The van der Waals surface area contributed by atoms with Crippen molar-refractivity contribution in [3.05, 3.63) is 0 Å². The monoisotopic (exact) mass is 104 g/mol. The van der Waals surface area contributed by atoms with Crippen molar-refractivity contribution in [1.29, 1.82) is 0 Å². The van der Waals surface area contributed by atoms with Crippen LogP contribution < -0.4 is 11.5 Å². The fraction of sp³-hybridized carbons (Fsp3) is 1.00. The first kappa shape index (κ1) is 6.88. The molecule has 0 rings (SSSR count). The summed E-state index contributed by atoms with van der Waals surface area (Å²) in [6.45, 7) is 3.76. The average molecular weight is 104 g/mol. The zero-order valence-corrected chi connectivity index (χ0v) is 4.72. The van der Waals surface area contributed by atoms with Gasteiger partial charge < -0.3 is 4.74 Å². The summed E-state index contributed by atoms with van der Waals surface area (Å²) in [7, 11) is 0. The van der Waals surface area contributed by atoms with Gasteiger partial charge in [-0.25, -0.2) is 0 Å². The van der Waals surface area contributed by atoms with E-state index in [4.69, 9.17) is 16.2 Å². The number of hydrogen-bond donors (Lipinski definition) is 2. The summed E-state index contributed by atoms with van der Waals surface area (Å²) in [5.41, 5.74) is 10.1. The molecule has 0 aromatic carbocycles. The van der Waals surface area contributed by atoms with E-state index in [0.29, 0.717) is 0 Å². The van der Waals surface area contributed by atoms with Crippen LogP contribution >= 0.6 is 0 Å². The highest BCUT2D eigenvalue weighted by Gasteiger charge is 1.94. The van der Waals surface area contributed by atoms with E-state index < -0.39 is 6.35 Å². The minimum atomic E-state index is -0.625. The van der Waals surface area contributed by atoms with E-state index in [1.165, 1.54) is 0 Å². The average Bonchev–Trinajstić information content (AvgIpc) is 1.27. The summed E-state index contributed by atoms with van der Waals surface area (Å²) in [4.78, 5) is 0. The highest BCUT2D eigenvalue weighted by molar-refractivity contribution is 4.37. The zero-order valence-electron chi connectivity index (χ0n) is 4.72. The van der Waals surface area contributed by atoms with Gasteiger partial charge in [0, 0.05) is 0 Å². The predicted octanol–water partition coefficient (Wildman–Crippen LogP) is -0.388. The molecule has 0 radical (unpaired) electrons. The van der Waals surface area contributed by atoms with Crippen molar-refractivity contribution in [2.45, 2.75) is 26.3 Å². The van der Waals surface area contributed by atoms with Gasteiger partial charge >= 0.3 is 0 Å². The van der Waals surface area contributed by atoms with E-state index >= 15 is 0 Å². The molecule has 0 bridgehead atoms.